The van der Waals surface area contributed by atoms with Crippen molar-refractivity contribution >= 4 is 5.91 Å². The molecule has 2 aliphatic heterocycles. The van der Waals surface area contributed by atoms with Gasteiger partial charge in [0.05, 0.1) is 12.2 Å². The minimum absolute atomic E-state index is 0.0720. The third-order valence-electron chi connectivity index (χ3n) is 5.39. The Kier molecular flexibility index (Phi) is 4.55. The lowest BCUT2D eigenvalue weighted by Crippen LogP contribution is -2.53. The van der Waals surface area contributed by atoms with Crippen molar-refractivity contribution in [3.63, 3.8) is 0 Å². The zero-order chi connectivity index (χ0) is 18.1. The summed E-state index contributed by atoms with van der Waals surface area (Å²) in [5.41, 5.74) is 1.60. The Morgan fingerprint density at radius 1 is 1.15 bits per heavy atom. The zero-order valence-electron chi connectivity index (χ0n) is 14.9. The predicted octanol–water partition coefficient (Wildman–Crippen LogP) is 0.858. The molecule has 4 heterocycles. The first kappa shape index (κ1) is 16.9. The standard InChI is InChI=1S/C19H23N5O2/c1-22-16(4-6-18(22)25)13-23-10-14(11-23)12-24-19(26)7-5-17(21-24)15-3-2-8-20-9-15/h2-3,5,7-9,14,16H,4,6,10-13H2,1H3. The summed E-state index contributed by atoms with van der Waals surface area (Å²) in [6.45, 7) is 3.45. The number of aromatic nitrogens is 3. The van der Waals surface area contributed by atoms with E-state index in [0.717, 1.165) is 37.3 Å². The summed E-state index contributed by atoms with van der Waals surface area (Å²) >= 11 is 0. The van der Waals surface area contributed by atoms with Gasteiger partial charge in [-0.15, -0.1) is 0 Å². The van der Waals surface area contributed by atoms with Crippen molar-refractivity contribution in [3.05, 3.63) is 47.0 Å². The average molecular weight is 353 g/mol. The van der Waals surface area contributed by atoms with Crippen LogP contribution in [0.1, 0.15) is 12.8 Å². The quantitative estimate of drug-likeness (QED) is 0.797. The number of amides is 1. The number of pyridine rings is 1. The zero-order valence-corrected chi connectivity index (χ0v) is 14.9. The normalized spacial score (nSPS) is 21.2. The maximum absolute atomic E-state index is 12.1. The van der Waals surface area contributed by atoms with E-state index in [-0.39, 0.29) is 11.5 Å². The molecule has 2 aliphatic rings. The lowest BCUT2D eigenvalue weighted by molar-refractivity contribution is -0.128. The Hall–Kier alpha value is -2.54. The number of hydrogen-bond donors (Lipinski definition) is 0. The summed E-state index contributed by atoms with van der Waals surface area (Å²) in [4.78, 5) is 32.1. The minimum Gasteiger partial charge on any atom is -0.341 e. The summed E-state index contributed by atoms with van der Waals surface area (Å²) in [6, 6.07) is 7.45. The van der Waals surface area contributed by atoms with Crippen LogP contribution in [0.15, 0.2) is 41.5 Å². The van der Waals surface area contributed by atoms with E-state index in [2.05, 4.69) is 15.0 Å². The van der Waals surface area contributed by atoms with Gasteiger partial charge in [-0.3, -0.25) is 14.6 Å². The van der Waals surface area contributed by atoms with Crippen molar-refractivity contribution in [1.29, 1.82) is 0 Å². The molecule has 1 amide bonds. The average Bonchev–Trinajstić information content (AvgIpc) is 2.94. The molecule has 2 aromatic heterocycles. The predicted molar refractivity (Wildman–Crippen MR) is 97.5 cm³/mol. The molecule has 0 spiro atoms. The molecule has 7 heteroatoms. The Labute approximate surface area is 152 Å². The third-order valence-corrected chi connectivity index (χ3v) is 5.39. The summed E-state index contributed by atoms with van der Waals surface area (Å²) in [6.07, 6.45) is 5.09. The van der Waals surface area contributed by atoms with Crippen molar-refractivity contribution in [2.45, 2.75) is 25.4 Å². The van der Waals surface area contributed by atoms with E-state index in [1.807, 2.05) is 24.1 Å². The molecule has 0 N–H and O–H groups in total. The van der Waals surface area contributed by atoms with E-state index in [4.69, 9.17) is 0 Å². The molecule has 1 atom stereocenters. The number of likely N-dealkylation sites (tertiary alicyclic amines) is 2. The molecule has 4 rings (SSSR count). The molecule has 0 aliphatic carbocycles. The van der Waals surface area contributed by atoms with E-state index >= 15 is 0 Å². The van der Waals surface area contributed by atoms with Crippen LogP contribution in [0.2, 0.25) is 0 Å². The number of carbonyl (C=O) groups is 1. The van der Waals surface area contributed by atoms with Crippen LogP contribution < -0.4 is 5.56 Å². The molecule has 0 bridgehead atoms. The lowest BCUT2D eigenvalue weighted by Gasteiger charge is -2.41. The topological polar surface area (TPSA) is 71.3 Å². The fourth-order valence-electron chi connectivity index (χ4n) is 3.81. The second kappa shape index (κ2) is 6.99. The van der Waals surface area contributed by atoms with Gasteiger partial charge in [-0.05, 0) is 24.6 Å². The molecular formula is C19H23N5O2. The Balaban J connectivity index is 1.36. The van der Waals surface area contributed by atoms with Crippen LogP contribution in [0.3, 0.4) is 0 Å². The summed E-state index contributed by atoms with van der Waals surface area (Å²) in [7, 11) is 1.89. The monoisotopic (exact) mass is 353 g/mol. The van der Waals surface area contributed by atoms with Gasteiger partial charge in [0.1, 0.15) is 0 Å². The highest BCUT2D eigenvalue weighted by Crippen LogP contribution is 2.23. The van der Waals surface area contributed by atoms with Gasteiger partial charge in [0.15, 0.2) is 0 Å². The molecule has 0 radical (unpaired) electrons. The minimum atomic E-state index is -0.0720. The van der Waals surface area contributed by atoms with Crippen LogP contribution in [0.5, 0.6) is 0 Å². The fraction of sp³-hybridized carbons (Fsp3) is 0.474. The van der Waals surface area contributed by atoms with Crippen molar-refractivity contribution in [3.8, 4) is 11.3 Å². The largest absolute Gasteiger partial charge is 0.341 e. The Morgan fingerprint density at radius 2 is 2.00 bits per heavy atom. The van der Waals surface area contributed by atoms with Gasteiger partial charge < -0.3 is 9.80 Å². The van der Waals surface area contributed by atoms with Gasteiger partial charge in [0.2, 0.25) is 5.91 Å². The Morgan fingerprint density at radius 3 is 2.69 bits per heavy atom. The van der Waals surface area contributed by atoms with Gasteiger partial charge in [0.25, 0.3) is 5.56 Å². The first-order valence-corrected chi connectivity index (χ1v) is 9.07. The maximum atomic E-state index is 12.1. The van der Waals surface area contributed by atoms with Crippen LogP contribution in [0, 0.1) is 5.92 Å². The maximum Gasteiger partial charge on any atom is 0.266 e. The first-order chi connectivity index (χ1) is 12.6. The van der Waals surface area contributed by atoms with Crippen molar-refractivity contribution in [2.75, 3.05) is 26.7 Å². The lowest BCUT2D eigenvalue weighted by atomic mass is 9.99. The fourth-order valence-corrected chi connectivity index (χ4v) is 3.81. The second-order valence-corrected chi connectivity index (χ2v) is 7.26. The number of rotatable bonds is 5. The van der Waals surface area contributed by atoms with E-state index in [0.29, 0.717) is 24.9 Å². The SMILES string of the molecule is CN1C(=O)CCC1CN1CC(Cn2nc(-c3cccnc3)ccc2=O)C1. The van der Waals surface area contributed by atoms with Crippen LogP contribution in [0.4, 0.5) is 0 Å². The summed E-state index contributed by atoms with van der Waals surface area (Å²) < 4.78 is 1.57. The van der Waals surface area contributed by atoms with Crippen molar-refractivity contribution < 1.29 is 4.79 Å². The van der Waals surface area contributed by atoms with Crippen molar-refractivity contribution in [2.24, 2.45) is 5.92 Å². The van der Waals surface area contributed by atoms with Crippen LogP contribution in [-0.2, 0) is 11.3 Å². The van der Waals surface area contributed by atoms with E-state index in [1.54, 1.807) is 29.2 Å². The second-order valence-electron chi connectivity index (χ2n) is 7.26. The number of carbonyl (C=O) groups excluding carboxylic acids is 1. The molecular weight excluding hydrogens is 330 g/mol. The van der Waals surface area contributed by atoms with Gasteiger partial charge in [-0.1, -0.05) is 0 Å². The first-order valence-electron chi connectivity index (χ1n) is 9.07. The molecule has 1 unspecified atom stereocenters. The number of hydrogen-bond acceptors (Lipinski definition) is 5. The van der Waals surface area contributed by atoms with E-state index < -0.39 is 0 Å². The summed E-state index contributed by atoms with van der Waals surface area (Å²) in [5.74, 6) is 0.668. The van der Waals surface area contributed by atoms with Crippen molar-refractivity contribution in [1.82, 2.24) is 24.6 Å². The van der Waals surface area contributed by atoms with Gasteiger partial charge in [-0.25, -0.2) is 4.68 Å². The molecule has 7 nitrogen and oxygen atoms in total. The molecule has 0 saturated carbocycles. The highest BCUT2D eigenvalue weighted by molar-refractivity contribution is 5.78. The highest BCUT2D eigenvalue weighted by atomic mass is 16.2. The molecule has 26 heavy (non-hydrogen) atoms. The van der Waals surface area contributed by atoms with Gasteiger partial charge in [-0.2, -0.15) is 5.10 Å². The third kappa shape index (κ3) is 3.39. The van der Waals surface area contributed by atoms with Gasteiger partial charge in [0, 0.05) is 69.1 Å². The van der Waals surface area contributed by atoms with Crippen LogP contribution >= 0.6 is 0 Å². The van der Waals surface area contributed by atoms with E-state index in [1.165, 1.54) is 0 Å². The highest BCUT2D eigenvalue weighted by Gasteiger charge is 2.34. The van der Waals surface area contributed by atoms with Crippen LogP contribution in [-0.4, -0.2) is 63.2 Å². The van der Waals surface area contributed by atoms with E-state index in [9.17, 15) is 9.59 Å². The molecule has 2 saturated heterocycles. The molecule has 2 fully saturated rings. The molecule has 2 aromatic rings. The Bertz CT molecular complexity index is 845. The number of nitrogens with zero attached hydrogens (tertiary/aromatic N) is 5. The molecule has 0 aromatic carbocycles. The van der Waals surface area contributed by atoms with Crippen LogP contribution in [0.25, 0.3) is 11.3 Å². The smallest absolute Gasteiger partial charge is 0.266 e. The molecule has 136 valence electrons. The number of likely N-dealkylation sites (N-methyl/N-ethyl adjacent to an activating group) is 1. The van der Waals surface area contributed by atoms with Gasteiger partial charge >= 0.3 is 0 Å². The summed E-state index contributed by atoms with van der Waals surface area (Å²) in [5, 5.41) is 4.51.